The molecule has 5 heteroatoms. The van der Waals surface area contributed by atoms with Crippen LogP contribution in [0, 0.1) is 5.92 Å². The number of likely N-dealkylation sites (tertiary alicyclic amines) is 1. The molecule has 2 rings (SSSR count). The molecule has 22 heavy (non-hydrogen) atoms. The van der Waals surface area contributed by atoms with Crippen molar-refractivity contribution in [3.63, 3.8) is 0 Å². The minimum Gasteiger partial charge on any atom is -0.491 e. The van der Waals surface area contributed by atoms with E-state index < -0.39 is 6.10 Å². The number of methoxy groups -OCH3 is 1. The van der Waals surface area contributed by atoms with Crippen molar-refractivity contribution in [1.29, 1.82) is 0 Å². The molecule has 1 saturated heterocycles. The van der Waals surface area contributed by atoms with Crippen molar-refractivity contribution in [1.82, 2.24) is 4.90 Å². The van der Waals surface area contributed by atoms with Crippen molar-refractivity contribution in [3.05, 3.63) is 29.8 Å². The van der Waals surface area contributed by atoms with E-state index >= 15 is 0 Å². The minimum atomic E-state index is -0.524. The van der Waals surface area contributed by atoms with Crippen molar-refractivity contribution in [2.45, 2.75) is 19.4 Å². The number of aliphatic hydroxyl groups excluding tert-OH is 1. The Labute approximate surface area is 131 Å². The third-order valence-electron chi connectivity index (χ3n) is 3.91. The van der Waals surface area contributed by atoms with E-state index in [4.69, 9.17) is 9.47 Å². The molecular weight excluding hydrogens is 282 g/mol. The molecule has 1 aliphatic heterocycles. The Morgan fingerprint density at radius 2 is 2.23 bits per heavy atom. The quantitative estimate of drug-likeness (QED) is 0.702. The number of hydrogen-bond acceptors (Lipinski definition) is 5. The Morgan fingerprint density at radius 3 is 2.91 bits per heavy atom. The van der Waals surface area contributed by atoms with Crippen LogP contribution in [0.4, 0.5) is 0 Å². The highest BCUT2D eigenvalue weighted by Crippen LogP contribution is 2.19. The van der Waals surface area contributed by atoms with Crippen molar-refractivity contribution < 1.29 is 19.4 Å². The van der Waals surface area contributed by atoms with Gasteiger partial charge in [0.25, 0.3) is 0 Å². The molecule has 1 N–H and O–H groups in total. The van der Waals surface area contributed by atoms with Crippen molar-refractivity contribution in [3.8, 4) is 5.75 Å². The molecule has 1 heterocycles. The lowest BCUT2D eigenvalue weighted by Crippen LogP contribution is -2.50. The van der Waals surface area contributed by atoms with Gasteiger partial charge in [0.05, 0.1) is 0 Å². The monoisotopic (exact) mass is 307 g/mol. The third-order valence-corrected chi connectivity index (χ3v) is 3.91. The zero-order valence-corrected chi connectivity index (χ0v) is 13.3. The Kier molecular flexibility index (Phi) is 6.36. The Morgan fingerprint density at radius 1 is 1.45 bits per heavy atom. The number of ketones is 1. The summed E-state index contributed by atoms with van der Waals surface area (Å²) in [6.07, 6.45) is 0.557. The highest BCUT2D eigenvalue weighted by atomic mass is 16.5. The molecule has 1 fully saturated rings. The van der Waals surface area contributed by atoms with Gasteiger partial charge >= 0.3 is 0 Å². The zero-order valence-electron chi connectivity index (χ0n) is 13.3. The highest BCUT2D eigenvalue weighted by Gasteiger charge is 2.27. The number of benzene rings is 1. The van der Waals surface area contributed by atoms with Crippen LogP contribution in [0.1, 0.15) is 23.7 Å². The Hall–Kier alpha value is -1.43. The molecule has 0 aliphatic carbocycles. The average molecular weight is 307 g/mol. The zero-order chi connectivity index (χ0) is 15.9. The van der Waals surface area contributed by atoms with Gasteiger partial charge in [0.1, 0.15) is 18.5 Å². The van der Waals surface area contributed by atoms with E-state index in [2.05, 4.69) is 4.90 Å². The summed E-state index contributed by atoms with van der Waals surface area (Å²) in [7, 11) is 1.72. The second-order valence-corrected chi connectivity index (χ2v) is 5.91. The van der Waals surface area contributed by atoms with Gasteiger partial charge in [0.2, 0.25) is 0 Å². The van der Waals surface area contributed by atoms with Crippen LogP contribution >= 0.6 is 0 Å². The maximum atomic E-state index is 11.3. The smallest absolute Gasteiger partial charge is 0.159 e. The molecular formula is C17H25NO4. The van der Waals surface area contributed by atoms with Gasteiger partial charge in [-0.25, -0.2) is 0 Å². The lowest BCUT2D eigenvalue weighted by molar-refractivity contribution is 0.0106. The number of β-amino-alcohol motifs (C(OH)–C–C–N with tert-alkyl or cyclic N) is 1. The number of Topliss-reactive ketones (excluding diaryl/α,β-unsaturated/α-hetero) is 1. The predicted molar refractivity (Wildman–Crippen MR) is 84.4 cm³/mol. The van der Waals surface area contributed by atoms with E-state index in [0.29, 0.717) is 23.8 Å². The molecule has 0 amide bonds. The van der Waals surface area contributed by atoms with Crippen molar-refractivity contribution >= 4 is 5.78 Å². The largest absolute Gasteiger partial charge is 0.491 e. The first kappa shape index (κ1) is 16.9. The van der Waals surface area contributed by atoms with Gasteiger partial charge in [0, 0.05) is 38.9 Å². The summed E-state index contributed by atoms with van der Waals surface area (Å²) in [6, 6.07) is 7.04. The normalized spacial score (nSPS) is 17.0. The fourth-order valence-corrected chi connectivity index (χ4v) is 2.64. The Balaban J connectivity index is 1.67. The van der Waals surface area contributed by atoms with Gasteiger partial charge < -0.3 is 14.6 Å². The van der Waals surface area contributed by atoms with E-state index in [9.17, 15) is 9.90 Å². The number of carbonyl (C=O) groups excluding carboxylic acids is 1. The van der Waals surface area contributed by atoms with Crippen LogP contribution in [0.15, 0.2) is 24.3 Å². The fourth-order valence-electron chi connectivity index (χ4n) is 2.64. The average Bonchev–Trinajstić information content (AvgIpc) is 2.47. The molecule has 1 aromatic carbocycles. The maximum Gasteiger partial charge on any atom is 0.159 e. The first-order valence-electron chi connectivity index (χ1n) is 7.71. The van der Waals surface area contributed by atoms with Crippen LogP contribution in [0.2, 0.25) is 0 Å². The summed E-state index contributed by atoms with van der Waals surface area (Å²) in [5.41, 5.74) is 0.621. The van der Waals surface area contributed by atoms with Gasteiger partial charge in [-0.2, -0.15) is 0 Å². The SMILES string of the molecule is COCCC1CN(CC(O)COc2cccc(C(C)=O)c2)C1. The van der Waals surface area contributed by atoms with E-state index in [1.54, 1.807) is 31.4 Å². The molecule has 1 aromatic rings. The van der Waals surface area contributed by atoms with E-state index in [1.807, 2.05) is 0 Å². The molecule has 0 aromatic heterocycles. The summed E-state index contributed by atoms with van der Waals surface area (Å²) in [6.45, 7) is 5.21. The fraction of sp³-hybridized carbons (Fsp3) is 0.588. The highest BCUT2D eigenvalue weighted by molar-refractivity contribution is 5.94. The number of rotatable bonds is 9. The molecule has 0 bridgehead atoms. The van der Waals surface area contributed by atoms with Gasteiger partial charge in [-0.3, -0.25) is 9.69 Å². The molecule has 0 radical (unpaired) electrons. The van der Waals surface area contributed by atoms with Crippen LogP contribution in [0.25, 0.3) is 0 Å². The first-order valence-corrected chi connectivity index (χ1v) is 7.71. The lowest BCUT2D eigenvalue weighted by Gasteiger charge is -2.40. The van der Waals surface area contributed by atoms with E-state index in [0.717, 1.165) is 26.1 Å². The second kappa shape index (κ2) is 8.27. The van der Waals surface area contributed by atoms with Crippen LogP contribution in [0.5, 0.6) is 5.75 Å². The summed E-state index contributed by atoms with van der Waals surface area (Å²) >= 11 is 0. The van der Waals surface area contributed by atoms with Crippen molar-refractivity contribution in [2.24, 2.45) is 5.92 Å². The Bertz CT molecular complexity index is 485. The first-order chi connectivity index (χ1) is 10.6. The summed E-state index contributed by atoms with van der Waals surface area (Å²) in [4.78, 5) is 13.5. The van der Waals surface area contributed by atoms with Gasteiger partial charge in [-0.1, -0.05) is 12.1 Å². The minimum absolute atomic E-state index is 0.00804. The summed E-state index contributed by atoms with van der Waals surface area (Å²) in [5.74, 6) is 1.31. The van der Waals surface area contributed by atoms with E-state index in [1.165, 1.54) is 6.92 Å². The van der Waals surface area contributed by atoms with Gasteiger partial charge in [-0.05, 0) is 31.4 Å². The number of ether oxygens (including phenoxy) is 2. The third kappa shape index (κ3) is 5.09. The molecule has 1 aliphatic rings. The molecule has 1 unspecified atom stereocenters. The lowest BCUT2D eigenvalue weighted by atomic mass is 9.96. The molecule has 122 valence electrons. The summed E-state index contributed by atoms with van der Waals surface area (Å²) < 4.78 is 10.6. The predicted octanol–water partition coefficient (Wildman–Crippen LogP) is 1.60. The van der Waals surface area contributed by atoms with Gasteiger partial charge in [0.15, 0.2) is 5.78 Å². The van der Waals surface area contributed by atoms with Crippen LogP contribution < -0.4 is 4.74 Å². The van der Waals surface area contributed by atoms with Crippen LogP contribution in [-0.4, -0.2) is 61.9 Å². The topological polar surface area (TPSA) is 59.0 Å². The molecule has 0 saturated carbocycles. The van der Waals surface area contributed by atoms with Gasteiger partial charge in [-0.15, -0.1) is 0 Å². The second-order valence-electron chi connectivity index (χ2n) is 5.91. The maximum absolute atomic E-state index is 11.3. The van der Waals surface area contributed by atoms with Crippen LogP contribution in [-0.2, 0) is 4.74 Å². The van der Waals surface area contributed by atoms with E-state index in [-0.39, 0.29) is 12.4 Å². The molecule has 1 atom stereocenters. The number of aliphatic hydroxyl groups is 1. The standard InChI is InChI=1S/C17H25NO4/c1-13(19)15-4-3-5-17(8-15)22-12-16(20)11-18-9-14(10-18)6-7-21-2/h3-5,8,14,16,20H,6-7,9-12H2,1-2H3. The number of nitrogens with zero attached hydrogens (tertiary/aromatic N) is 1. The van der Waals surface area contributed by atoms with Crippen LogP contribution in [0.3, 0.4) is 0 Å². The molecule has 5 nitrogen and oxygen atoms in total. The van der Waals surface area contributed by atoms with Crippen molar-refractivity contribution in [2.75, 3.05) is 40.0 Å². The number of carbonyl (C=O) groups is 1. The molecule has 0 spiro atoms. The number of hydrogen-bond donors (Lipinski definition) is 1. The summed E-state index contributed by atoms with van der Waals surface area (Å²) in [5, 5.41) is 10.0.